The largest absolute Gasteiger partial charge is 0.256 e. The van der Waals surface area contributed by atoms with Gasteiger partial charge in [0.1, 0.15) is 0 Å². The molecule has 4 aromatic heterocycles. The van der Waals surface area contributed by atoms with Crippen LogP contribution in [0.15, 0.2) is 195 Å². The average Bonchev–Trinajstić information content (AvgIpc) is 3.30. The predicted octanol–water partition coefficient (Wildman–Crippen LogP) is 12.8. The third-order valence-corrected chi connectivity index (χ3v) is 9.47. The van der Waals surface area contributed by atoms with Crippen LogP contribution >= 0.6 is 0 Å². The van der Waals surface area contributed by atoms with Gasteiger partial charge in [0.25, 0.3) is 0 Å². The molecule has 0 N–H and O–H groups in total. The fourth-order valence-electron chi connectivity index (χ4n) is 6.65. The molecule has 0 fully saturated rings. The van der Waals surface area contributed by atoms with E-state index in [0.717, 1.165) is 78.1 Å². The first kappa shape index (κ1) is 36.5. The van der Waals surface area contributed by atoms with Gasteiger partial charge in [0, 0.05) is 70.6 Å². The fraction of sp³-hybridized carbons (Fsp3) is 0.0588. The van der Waals surface area contributed by atoms with E-state index in [0.29, 0.717) is 11.6 Å². The second kappa shape index (κ2) is 17.4. The summed E-state index contributed by atoms with van der Waals surface area (Å²) in [6.45, 7) is 4.25. The molecule has 0 aliphatic carbocycles. The lowest BCUT2D eigenvalue weighted by Gasteiger charge is -2.17. The van der Waals surface area contributed by atoms with Crippen molar-refractivity contribution in [3.63, 3.8) is 0 Å². The van der Waals surface area contributed by atoms with Crippen molar-refractivity contribution in [1.82, 2.24) is 29.9 Å². The second-order valence-electron chi connectivity index (χ2n) is 13.6. The Morgan fingerprint density at radius 1 is 0.298 bits per heavy atom. The molecular formula is C51H40N6. The van der Waals surface area contributed by atoms with Gasteiger partial charge in [0.05, 0.1) is 11.4 Å². The van der Waals surface area contributed by atoms with Gasteiger partial charge in [-0.2, -0.15) is 0 Å². The van der Waals surface area contributed by atoms with Gasteiger partial charge in [-0.05, 0) is 69.8 Å². The number of aromatic nitrogens is 6. The molecule has 5 aromatic carbocycles. The first-order valence-electron chi connectivity index (χ1n) is 19.2. The number of hydrogen-bond donors (Lipinski definition) is 0. The highest BCUT2D eigenvalue weighted by atomic mass is 14.9. The van der Waals surface area contributed by atoms with Crippen molar-refractivity contribution >= 4 is 0 Å². The lowest BCUT2D eigenvalue weighted by Crippen LogP contribution is -1.98. The maximum atomic E-state index is 4.94. The molecule has 0 amide bonds. The van der Waals surface area contributed by atoms with E-state index in [1.807, 2.05) is 110 Å². The zero-order chi connectivity index (χ0) is 38.8. The second-order valence-corrected chi connectivity index (χ2v) is 13.6. The summed E-state index contributed by atoms with van der Waals surface area (Å²) in [5.41, 5.74) is 13.7. The monoisotopic (exact) mass is 736 g/mol. The molecule has 6 heteroatoms. The maximum absolute atomic E-state index is 4.94. The van der Waals surface area contributed by atoms with Gasteiger partial charge in [-0.15, -0.1) is 0 Å². The summed E-state index contributed by atoms with van der Waals surface area (Å²) in [5, 5.41) is 0. The Bertz CT molecular complexity index is 2280. The van der Waals surface area contributed by atoms with Crippen LogP contribution in [0.5, 0.6) is 0 Å². The molecule has 0 unspecified atom stereocenters. The number of nitrogens with zero attached hydrogens (tertiary/aromatic N) is 6. The summed E-state index contributed by atoms with van der Waals surface area (Å²) in [7, 11) is 0. The first-order valence-corrected chi connectivity index (χ1v) is 19.2. The number of rotatable bonds is 8. The number of hydrogen-bond acceptors (Lipinski definition) is 6. The Morgan fingerprint density at radius 3 is 0.982 bits per heavy atom. The quantitative estimate of drug-likeness (QED) is 0.155. The molecular weight excluding hydrogens is 697 g/mol. The molecule has 0 saturated carbocycles. The molecule has 4 heterocycles. The molecule has 274 valence electrons. The summed E-state index contributed by atoms with van der Waals surface area (Å²) in [6.07, 6.45) is 12.4. The normalized spacial score (nSPS) is 10.7. The Labute approximate surface area is 333 Å². The Morgan fingerprint density at radius 2 is 0.632 bits per heavy atom. The molecule has 57 heavy (non-hydrogen) atoms. The highest BCUT2D eigenvalue weighted by Gasteiger charge is 2.20. The number of benzene rings is 5. The topological polar surface area (TPSA) is 77.3 Å². The van der Waals surface area contributed by atoms with Crippen LogP contribution in [0.4, 0.5) is 0 Å². The van der Waals surface area contributed by atoms with Gasteiger partial charge in [-0.3, -0.25) is 9.97 Å². The predicted molar refractivity (Wildman–Crippen MR) is 233 cm³/mol. The zero-order valence-corrected chi connectivity index (χ0v) is 31.9. The third kappa shape index (κ3) is 8.31. The zero-order valence-electron chi connectivity index (χ0n) is 31.9. The molecule has 0 radical (unpaired) electrons. The van der Waals surface area contributed by atoms with Gasteiger partial charge in [-0.25, -0.2) is 19.9 Å². The Balaban J connectivity index is 0.00000147. The van der Waals surface area contributed by atoms with Crippen molar-refractivity contribution in [3.05, 3.63) is 195 Å². The SMILES string of the molecule is CCC.c1ccc(-c2cnc(-c3cc(-c4ncc(-c5ccccc5)cn4)c(-c4ccc(-c5ccccn5)cc4)cc3-c3ccc(-c4ccccn4)cc3)nc2)cc1. The van der Waals surface area contributed by atoms with E-state index in [2.05, 4.69) is 109 Å². The van der Waals surface area contributed by atoms with E-state index in [9.17, 15) is 0 Å². The molecule has 0 bridgehead atoms. The van der Waals surface area contributed by atoms with Gasteiger partial charge in [-0.1, -0.05) is 142 Å². The summed E-state index contributed by atoms with van der Waals surface area (Å²) in [4.78, 5) is 28.9. The van der Waals surface area contributed by atoms with Crippen LogP contribution in [-0.4, -0.2) is 29.9 Å². The van der Waals surface area contributed by atoms with Crippen molar-refractivity contribution in [2.75, 3.05) is 0 Å². The number of pyridine rings is 2. The molecule has 0 aliphatic rings. The standard InChI is InChI=1S/C48H32N6.C3H8/c1-3-11-33(12-4-1)39-29-51-47(52-30-39)43-28-44(48-53-31-40(32-54-48)34-13-5-2-6-14-34)42(36-19-23-38(24-20-36)46-16-8-10-26-50-46)27-41(43)35-17-21-37(22-18-35)45-15-7-9-25-49-45;1-3-2/h1-32H;3H2,1-2H3. The van der Waals surface area contributed by atoms with Crippen LogP contribution in [-0.2, 0) is 0 Å². The van der Waals surface area contributed by atoms with Crippen molar-refractivity contribution in [3.8, 4) is 89.8 Å². The third-order valence-electron chi connectivity index (χ3n) is 9.47. The van der Waals surface area contributed by atoms with Crippen LogP contribution in [0.3, 0.4) is 0 Å². The highest BCUT2D eigenvalue weighted by Crippen LogP contribution is 2.41. The summed E-state index contributed by atoms with van der Waals surface area (Å²) in [5.74, 6) is 1.22. The van der Waals surface area contributed by atoms with Gasteiger partial charge in [0.2, 0.25) is 0 Å². The maximum Gasteiger partial charge on any atom is 0.159 e. The van der Waals surface area contributed by atoms with Crippen LogP contribution < -0.4 is 0 Å². The first-order chi connectivity index (χ1) is 28.2. The van der Waals surface area contributed by atoms with Crippen LogP contribution in [0, 0.1) is 0 Å². The lowest BCUT2D eigenvalue weighted by atomic mass is 9.89. The summed E-state index contributed by atoms with van der Waals surface area (Å²) in [6, 6.07) is 53.6. The van der Waals surface area contributed by atoms with E-state index >= 15 is 0 Å². The average molecular weight is 737 g/mol. The van der Waals surface area contributed by atoms with Crippen LogP contribution in [0.1, 0.15) is 20.3 Å². The van der Waals surface area contributed by atoms with Crippen molar-refractivity contribution < 1.29 is 0 Å². The van der Waals surface area contributed by atoms with Crippen LogP contribution in [0.2, 0.25) is 0 Å². The lowest BCUT2D eigenvalue weighted by molar-refractivity contribution is 1.09. The molecule has 9 aromatic rings. The molecule has 0 saturated heterocycles. The molecule has 0 atom stereocenters. The van der Waals surface area contributed by atoms with E-state index in [1.165, 1.54) is 6.42 Å². The Kier molecular flexibility index (Phi) is 11.1. The van der Waals surface area contributed by atoms with Gasteiger partial charge >= 0.3 is 0 Å². The van der Waals surface area contributed by atoms with Gasteiger partial charge < -0.3 is 0 Å². The molecule has 0 spiro atoms. The molecule has 0 aliphatic heterocycles. The Hall–Kier alpha value is -7.44. The highest BCUT2D eigenvalue weighted by molar-refractivity contribution is 5.93. The summed E-state index contributed by atoms with van der Waals surface area (Å²) < 4.78 is 0. The van der Waals surface area contributed by atoms with Gasteiger partial charge in [0.15, 0.2) is 11.6 Å². The van der Waals surface area contributed by atoms with E-state index in [-0.39, 0.29) is 0 Å². The minimum atomic E-state index is 0.609. The molecule has 9 rings (SSSR count). The van der Waals surface area contributed by atoms with E-state index in [1.54, 1.807) is 0 Å². The fourth-order valence-corrected chi connectivity index (χ4v) is 6.65. The smallest absolute Gasteiger partial charge is 0.159 e. The van der Waals surface area contributed by atoms with Crippen molar-refractivity contribution in [2.24, 2.45) is 0 Å². The molecule has 6 nitrogen and oxygen atoms in total. The van der Waals surface area contributed by atoms with E-state index in [4.69, 9.17) is 19.9 Å². The van der Waals surface area contributed by atoms with Crippen molar-refractivity contribution in [2.45, 2.75) is 20.3 Å². The minimum Gasteiger partial charge on any atom is -0.256 e. The summed E-state index contributed by atoms with van der Waals surface area (Å²) >= 11 is 0. The minimum absolute atomic E-state index is 0.609. The van der Waals surface area contributed by atoms with E-state index < -0.39 is 0 Å². The van der Waals surface area contributed by atoms with Crippen molar-refractivity contribution in [1.29, 1.82) is 0 Å². The van der Waals surface area contributed by atoms with Crippen LogP contribution in [0.25, 0.3) is 89.8 Å².